The van der Waals surface area contributed by atoms with Gasteiger partial charge < -0.3 is 4.90 Å². The number of hydrogen-bond donors (Lipinski definition) is 1. The summed E-state index contributed by atoms with van der Waals surface area (Å²) < 4.78 is 3.04. The summed E-state index contributed by atoms with van der Waals surface area (Å²) in [7, 11) is 2.15. The van der Waals surface area contributed by atoms with Crippen molar-refractivity contribution in [1.29, 1.82) is 0 Å². The zero-order valence-electron chi connectivity index (χ0n) is 11.1. The van der Waals surface area contributed by atoms with Gasteiger partial charge in [-0.05, 0) is 43.8 Å². The van der Waals surface area contributed by atoms with Gasteiger partial charge >= 0.3 is 0 Å². The number of nitrogens with zero attached hydrogens (tertiary/aromatic N) is 3. The molecule has 100 valence electrons. The lowest BCUT2D eigenvalue weighted by atomic mass is 9.85. The zero-order chi connectivity index (χ0) is 12.5. The van der Waals surface area contributed by atoms with Crippen molar-refractivity contribution in [1.82, 2.24) is 14.8 Å². The minimum atomic E-state index is 0.565. The molecule has 1 aromatic heterocycles. The van der Waals surface area contributed by atoms with Gasteiger partial charge in [0.15, 0.2) is 4.77 Å². The highest BCUT2D eigenvalue weighted by Gasteiger charge is 2.25. The van der Waals surface area contributed by atoms with Crippen LogP contribution in [-0.4, -0.2) is 28.4 Å². The lowest BCUT2D eigenvalue weighted by Crippen LogP contribution is -2.31. The van der Waals surface area contributed by atoms with Crippen molar-refractivity contribution in [3.63, 3.8) is 0 Å². The largest absolute Gasteiger partial charge is 0.344 e. The second kappa shape index (κ2) is 5.03. The fourth-order valence-electron chi connectivity index (χ4n) is 3.20. The van der Waals surface area contributed by atoms with Gasteiger partial charge in [-0.3, -0.25) is 4.57 Å². The van der Waals surface area contributed by atoms with Crippen molar-refractivity contribution in [2.75, 3.05) is 18.5 Å². The zero-order valence-corrected chi connectivity index (χ0v) is 11.9. The van der Waals surface area contributed by atoms with Crippen LogP contribution in [0, 0.1) is 10.7 Å². The van der Waals surface area contributed by atoms with E-state index in [2.05, 4.69) is 26.7 Å². The summed E-state index contributed by atoms with van der Waals surface area (Å²) in [5.74, 6) is 1.90. The minimum Gasteiger partial charge on any atom is -0.344 e. The van der Waals surface area contributed by atoms with Crippen LogP contribution in [0.3, 0.4) is 0 Å². The third kappa shape index (κ3) is 2.20. The maximum absolute atomic E-state index is 5.40. The first-order chi connectivity index (χ1) is 8.75. The first-order valence-electron chi connectivity index (χ1n) is 7.14. The Morgan fingerprint density at radius 1 is 1.28 bits per heavy atom. The van der Waals surface area contributed by atoms with Crippen molar-refractivity contribution in [2.45, 2.75) is 51.0 Å². The lowest BCUT2D eigenvalue weighted by molar-refractivity contribution is 0.319. The Labute approximate surface area is 113 Å². The molecule has 2 saturated carbocycles. The van der Waals surface area contributed by atoms with Crippen molar-refractivity contribution in [3.8, 4) is 0 Å². The maximum atomic E-state index is 5.40. The van der Waals surface area contributed by atoms with Gasteiger partial charge in [-0.25, -0.2) is 5.10 Å². The van der Waals surface area contributed by atoms with Crippen LogP contribution in [0.4, 0.5) is 5.95 Å². The predicted molar refractivity (Wildman–Crippen MR) is 75.5 cm³/mol. The highest BCUT2D eigenvalue weighted by molar-refractivity contribution is 7.71. The fraction of sp³-hybridized carbons (Fsp3) is 0.846. The predicted octanol–water partition coefficient (Wildman–Crippen LogP) is 3.29. The van der Waals surface area contributed by atoms with Gasteiger partial charge in [0, 0.05) is 19.6 Å². The smallest absolute Gasteiger partial charge is 0.225 e. The van der Waals surface area contributed by atoms with E-state index in [0.29, 0.717) is 6.04 Å². The van der Waals surface area contributed by atoms with Crippen molar-refractivity contribution < 1.29 is 0 Å². The average molecular weight is 266 g/mol. The topological polar surface area (TPSA) is 36.9 Å². The molecule has 0 atom stereocenters. The third-order valence-electron chi connectivity index (χ3n) is 4.47. The molecule has 1 N–H and O–H groups in total. The van der Waals surface area contributed by atoms with Crippen LogP contribution in [0.15, 0.2) is 0 Å². The Morgan fingerprint density at radius 2 is 2.00 bits per heavy atom. The number of hydrogen-bond acceptors (Lipinski definition) is 3. The molecule has 5 heteroatoms. The summed E-state index contributed by atoms with van der Waals surface area (Å²) in [6.07, 6.45) is 9.29. The summed E-state index contributed by atoms with van der Waals surface area (Å²) in [4.78, 5) is 2.29. The number of H-pyrrole nitrogens is 1. The van der Waals surface area contributed by atoms with Gasteiger partial charge in [0.05, 0.1) is 0 Å². The number of aromatic amines is 1. The molecule has 2 aliphatic rings. The Balaban J connectivity index is 1.79. The molecule has 0 aromatic carbocycles. The molecule has 1 aromatic rings. The Morgan fingerprint density at radius 3 is 2.61 bits per heavy atom. The normalized spacial score (nSPS) is 21.2. The monoisotopic (exact) mass is 266 g/mol. The third-order valence-corrected chi connectivity index (χ3v) is 4.76. The molecule has 0 saturated heterocycles. The number of rotatable bonds is 4. The second-order valence-corrected chi connectivity index (χ2v) is 6.20. The number of anilines is 1. The van der Waals surface area contributed by atoms with Gasteiger partial charge in [-0.1, -0.05) is 19.3 Å². The van der Waals surface area contributed by atoms with Gasteiger partial charge in [0.2, 0.25) is 5.95 Å². The number of nitrogens with one attached hydrogen (secondary N) is 1. The molecule has 2 aliphatic carbocycles. The molecule has 4 nitrogen and oxygen atoms in total. The highest BCUT2D eigenvalue weighted by Crippen LogP contribution is 2.33. The van der Waals surface area contributed by atoms with Crippen molar-refractivity contribution in [3.05, 3.63) is 4.77 Å². The summed E-state index contributed by atoms with van der Waals surface area (Å²) in [6, 6.07) is 0.565. The quantitative estimate of drug-likeness (QED) is 0.850. The Hall–Kier alpha value is -0.840. The first kappa shape index (κ1) is 12.2. The molecule has 0 radical (unpaired) electrons. The highest BCUT2D eigenvalue weighted by atomic mass is 32.1. The maximum Gasteiger partial charge on any atom is 0.225 e. The standard InChI is InChI=1S/C13H22N4S/c1-16(9-10-5-4-6-10)12-14-15-13(18)17(12)11-7-2-3-8-11/h10-11H,2-9H2,1H3,(H,15,18). The van der Waals surface area contributed by atoms with E-state index >= 15 is 0 Å². The van der Waals surface area contributed by atoms with Gasteiger partial charge in [0.25, 0.3) is 0 Å². The molecule has 0 spiro atoms. The molecule has 2 fully saturated rings. The van der Waals surface area contributed by atoms with Gasteiger partial charge in [0.1, 0.15) is 0 Å². The molecule has 0 unspecified atom stereocenters. The SMILES string of the molecule is CN(CC1CCC1)c1n[nH]c(=S)n1C1CCCC1. The van der Waals surface area contributed by atoms with E-state index in [0.717, 1.165) is 23.2 Å². The molecular formula is C13H22N4S. The van der Waals surface area contributed by atoms with E-state index in [9.17, 15) is 0 Å². The van der Waals surface area contributed by atoms with Crippen LogP contribution in [0.25, 0.3) is 0 Å². The fourth-order valence-corrected chi connectivity index (χ4v) is 3.48. The minimum absolute atomic E-state index is 0.565. The van der Waals surface area contributed by atoms with E-state index < -0.39 is 0 Å². The Bertz CT molecular complexity index is 454. The summed E-state index contributed by atoms with van der Waals surface area (Å²) in [5, 5.41) is 7.42. The molecular weight excluding hydrogens is 244 g/mol. The summed E-state index contributed by atoms with van der Waals surface area (Å²) >= 11 is 5.40. The van der Waals surface area contributed by atoms with Crippen LogP contribution in [0.1, 0.15) is 51.0 Å². The van der Waals surface area contributed by atoms with Crippen LogP contribution >= 0.6 is 12.2 Å². The van der Waals surface area contributed by atoms with Gasteiger partial charge in [-0.15, -0.1) is 5.10 Å². The van der Waals surface area contributed by atoms with E-state index in [4.69, 9.17) is 12.2 Å². The molecule has 0 aliphatic heterocycles. The average Bonchev–Trinajstić information content (AvgIpc) is 2.91. The van der Waals surface area contributed by atoms with Crippen LogP contribution in [-0.2, 0) is 0 Å². The van der Waals surface area contributed by atoms with E-state index in [1.54, 1.807) is 0 Å². The number of aromatic nitrogens is 3. The summed E-state index contributed by atoms with van der Waals surface area (Å²) in [5.41, 5.74) is 0. The van der Waals surface area contributed by atoms with Crippen molar-refractivity contribution in [2.24, 2.45) is 5.92 Å². The van der Waals surface area contributed by atoms with E-state index in [1.807, 2.05) is 0 Å². The molecule has 0 bridgehead atoms. The van der Waals surface area contributed by atoms with Crippen molar-refractivity contribution >= 4 is 18.2 Å². The Kier molecular flexibility index (Phi) is 3.41. The van der Waals surface area contributed by atoms with Crippen LogP contribution in [0.2, 0.25) is 0 Å². The molecule has 0 amide bonds. The summed E-state index contributed by atoms with van der Waals surface area (Å²) in [6.45, 7) is 1.12. The molecule has 1 heterocycles. The first-order valence-corrected chi connectivity index (χ1v) is 7.54. The van der Waals surface area contributed by atoms with Crippen LogP contribution < -0.4 is 4.90 Å². The lowest BCUT2D eigenvalue weighted by Gasteiger charge is -2.31. The van der Waals surface area contributed by atoms with Crippen LogP contribution in [0.5, 0.6) is 0 Å². The van der Waals surface area contributed by atoms with Gasteiger partial charge in [-0.2, -0.15) is 0 Å². The molecule has 18 heavy (non-hydrogen) atoms. The molecule has 3 rings (SSSR count). The van der Waals surface area contributed by atoms with E-state index in [-0.39, 0.29) is 0 Å². The second-order valence-electron chi connectivity index (χ2n) is 5.81. The van der Waals surface area contributed by atoms with E-state index in [1.165, 1.54) is 44.9 Å².